The van der Waals surface area contributed by atoms with Gasteiger partial charge in [0.1, 0.15) is 0 Å². The van der Waals surface area contributed by atoms with Crippen molar-refractivity contribution < 1.29 is 34.2 Å². The van der Waals surface area contributed by atoms with Gasteiger partial charge in [-0.25, -0.2) is 0 Å². The summed E-state index contributed by atoms with van der Waals surface area (Å²) in [5, 5.41) is 27.4. The Morgan fingerprint density at radius 1 is 0.462 bits per heavy atom. The third kappa shape index (κ3) is 26.1. The first-order chi connectivity index (χ1) is 18.8. The van der Waals surface area contributed by atoms with Crippen LogP contribution in [-0.4, -0.2) is 63.9 Å². The van der Waals surface area contributed by atoms with E-state index in [9.17, 15) is 14.4 Å². The van der Waals surface area contributed by atoms with E-state index in [1.807, 2.05) is 0 Å². The first kappa shape index (κ1) is 37.1. The van der Waals surface area contributed by atoms with E-state index < -0.39 is 17.9 Å². The smallest absolute Gasteiger partial charge is 0.309 e. The largest absolute Gasteiger partial charge is 0.481 e. The van der Waals surface area contributed by atoms with E-state index >= 15 is 0 Å². The minimum atomic E-state index is -0.931. The van der Waals surface area contributed by atoms with E-state index in [0.29, 0.717) is 6.54 Å². The molecule has 0 radical (unpaired) electrons. The number of nitrogens with zero attached hydrogens (tertiary/aromatic N) is 1. The molecule has 0 amide bonds. The molecule has 0 heterocycles. The zero-order valence-electron chi connectivity index (χ0n) is 25.1. The Balaban J connectivity index is 3.84. The molecule has 0 bridgehead atoms. The van der Waals surface area contributed by atoms with Crippen LogP contribution in [0.5, 0.6) is 0 Å². The van der Waals surface area contributed by atoms with Crippen LogP contribution in [0, 0.1) is 0 Å². The van der Waals surface area contributed by atoms with Gasteiger partial charge in [-0.1, -0.05) is 109 Å². The summed E-state index contributed by atoms with van der Waals surface area (Å²) in [4.78, 5) is 33.4. The molecule has 0 aromatic rings. The van der Waals surface area contributed by atoms with Gasteiger partial charge in [-0.05, 0) is 32.1 Å². The molecule has 0 rings (SSSR count). The predicted octanol–water partition coefficient (Wildman–Crippen LogP) is 8.22. The Morgan fingerprint density at radius 3 is 1.10 bits per heavy atom. The van der Waals surface area contributed by atoms with Crippen LogP contribution in [-0.2, 0) is 14.4 Å². The molecule has 0 aliphatic rings. The lowest BCUT2D eigenvalue weighted by Gasteiger charge is -2.38. The lowest BCUT2D eigenvalue weighted by Crippen LogP contribution is -2.52. The highest BCUT2D eigenvalue weighted by atomic mass is 16.4. The average molecular weight is 555 g/mol. The summed E-state index contributed by atoms with van der Waals surface area (Å²) in [5.74, 6) is -2.79. The first-order valence-corrected chi connectivity index (χ1v) is 16.0. The van der Waals surface area contributed by atoms with E-state index in [1.165, 1.54) is 103 Å². The molecule has 7 nitrogen and oxygen atoms in total. The molecule has 0 aromatic heterocycles. The van der Waals surface area contributed by atoms with E-state index in [-0.39, 0.29) is 43.4 Å². The summed E-state index contributed by atoms with van der Waals surface area (Å²) in [6, 6.07) is 0. The Hall–Kier alpha value is -1.89. The average Bonchev–Trinajstić information content (AvgIpc) is 2.90. The second kappa shape index (κ2) is 26.3. The minimum absolute atomic E-state index is 0.0729. The standard InChI is InChI=1S/C32H59NO6/c1-2-3-4-5-6-7-8-9-10-11-12-13-14-15-16-17-18-19-20-21-22-26-33(27-23-30(34)35,28-24-31(36)37)29-25-32(38)39/h4-5H,2-3,6-29H2,1H3,(H2-,34,35,36,37,38,39)/p+1/b5-4+. The van der Waals surface area contributed by atoms with Crippen LogP contribution in [0.25, 0.3) is 0 Å². The molecule has 0 atom stereocenters. The fourth-order valence-electron chi connectivity index (χ4n) is 5.26. The second-order valence-corrected chi connectivity index (χ2v) is 11.4. The van der Waals surface area contributed by atoms with Gasteiger partial charge in [-0.3, -0.25) is 14.4 Å². The minimum Gasteiger partial charge on any atom is -0.481 e. The highest BCUT2D eigenvalue weighted by Gasteiger charge is 2.29. The number of hydrogen-bond donors (Lipinski definition) is 3. The fraction of sp³-hybridized carbons (Fsp3) is 0.844. The van der Waals surface area contributed by atoms with Crippen molar-refractivity contribution in [3.8, 4) is 0 Å². The summed E-state index contributed by atoms with van der Waals surface area (Å²) in [6.45, 7) is 3.72. The first-order valence-electron chi connectivity index (χ1n) is 16.0. The number of unbranched alkanes of at least 4 members (excludes halogenated alkanes) is 17. The lowest BCUT2D eigenvalue weighted by atomic mass is 10.0. The van der Waals surface area contributed by atoms with Crippen LogP contribution in [0.3, 0.4) is 0 Å². The van der Waals surface area contributed by atoms with Crippen LogP contribution in [0.4, 0.5) is 0 Å². The summed E-state index contributed by atoms with van der Waals surface area (Å²) in [7, 11) is 0. The van der Waals surface area contributed by atoms with Crippen LogP contribution in [0.15, 0.2) is 12.2 Å². The molecule has 0 aromatic carbocycles. The number of carboxylic acids is 3. The number of carboxylic acid groups (broad SMARTS) is 3. The van der Waals surface area contributed by atoms with Gasteiger partial charge in [0.25, 0.3) is 0 Å². The molecule has 0 aliphatic carbocycles. The van der Waals surface area contributed by atoms with Gasteiger partial charge in [-0.15, -0.1) is 0 Å². The van der Waals surface area contributed by atoms with Crippen molar-refractivity contribution in [1.82, 2.24) is 0 Å². The van der Waals surface area contributed by atoms with E-state index in [2.05, 4.69) is 19.1 Å². The maximum absolute atomic E-state index is 11.1. The van der Waals surface area contributed by atoms with Gasteiger partial charge in [0.2, 0.25) is 0 Å². The highest BCUT2D eigenvalue weighted by molar-refractivity contribution is 5.67. The Bertz CT molecular complexity index is 603. The molecule has 0 spiro atoms. The van der Waals surface area contributed by atoms with E-state index in [0.717, 1.165) is 19.3 Å². The van der Waals surface area contributed by atoms with Gasteiger partial charge in [0, 0.05) is 0 Å². The molecule has 0 saturated heterocycles. The van der Waals surface area contributed by atoms with Crippen molar-refractivity contribution in [3.63, 3.8) is 0 Å². The summed E-state index contributed by atoms with van der Waals surface area (Å²) < 4.78 is 0.265. The summed E-state index contributed by atoms with van der Waals surface area (Å²) in [6.07, 6.45) is 28.5. The van der Waals surface area contributed by atoms with Gasteiger partial charge >= 0.3 is 17.9 Å². The SMILES string of the molecule is CCC/C=C/CCCCCCCCCCCCCCCCCC[N+](CCC(=O)O)(CCC(=O)O)CCC(=O)O. The number of quaternary nitrogens is 1. The van der Waals surface area contributed by atoms with Crippen LogP contribution >= 0.6 is 0 Å². The number of aliphatic carboxylic acids is 3. The Labute approximate surface area is 238 Å². The number of carbonyl (C=O) groups is 3. The van der Waals surface area contributed by atoms with Gasteiger partial charge in [-0.2, -0.15) is 0 Å². The molecule has 0 saturated carbocycles. The van der Waals surface area contributed by atoms with E-state index in [4.69, 9.17) is 15.3 Å². The van der Waals surface area contributed by atoms with Crippen molar-refractivity contribution in [2.75, 3.05) is 26.2 Å². The highest BCUT2D eigenvalue weighted by Crippen LogP contribution is 2.17. The van der Waals surface area contributed by atoms with Gasteiger partial charge < -0.3 is 19.8 Å². The van der Waals surface area contributed by atoms with Crippen molar-refractivity contribution in [2.24, 2.45) is 0 Å². The van der Waals surface area contributed by atoms with Crippen LogP contribution in [0.2, 0.25) is 0 Å². The quantitative estimate of drug-likeness (QED) is 0.0468. The zero-order valence-corrected chi connectivity index (χ0v) is 25.1. The maximum atomic E-state index is 11.1. The van der Waals surface area contributed by atoms with Gasteiger partial charge in [0.15, 0.2) is 0 Å². The fourth-order valence-corrected chi connectivity index (χ4v) is 5.26. The van der Waals surface area contributed by atoms with Crippen LogP contribution in [0.1, 0.15) is 148 Å². The Kier molecular flexibility index (Phi) is 25.1. The monoisotopic (exact) mass is 554 g/mol. The topological polar surface area (TPSA) is 112 Å². The number of hydrogen-bond acceptors (Lipinski definition) is 3. The van der Waals surface area contributed by atoms with Crippen molar-refractivity contribution in [3.05, 3.63) is 12.2 Å². The molecule has 3 N–H and O–H groups in total. The van der Waals surface area contributed by atoms with Crippen molar-refractivity contribution >= 4 is 17.9 Å². The third-order valence-electron chi connectivity index (χ3n) is 7.78. The molecular weight excluding hydrogens is 494 g/mol. The summed E-state index contributed by atoms with van der Waals surface area (Å²) >= 11 is 0. The second-order valence-electron chi connectivity index (χ2n) is 11.4. The normalized spacial score (nSPS) is 11.8. The number of allylic oxidation sites excluding steroid dienone is 2. The number of rotatable bonds is 30. The molecule has 0 unspecified atom stereocenters. The predicted molar refractivity (Wildman–Crippen MR) is 159 cm³/mol. The van der Waals surface area contributed by atoms with Crippen molar-refractivity contribution in [2.45, 2.75) is 148 Å². The Morgan fingerprint density at radius 2 is 0.769 bits per heavy atom. The molecule has 228 valence electrons. The maximum Gasteiger partial charge on any atom is 0.309 e. The molecular formula is C32H60NO6+. The lowest BCUT2D eigenvalue weighted by molar-refractivity contribution is -0.927. The van der Waals surface area contributed by atoms with Crippen molar-refractivity contribution in [1.29, 1.82) is 0 Å². The molecule has 0 fully saturated rings. The van der Waals surface area contributed by atoms with Crippen LogP contribution < -0.4 is 0 Å². The molecule has 39 heavy (non-hydrogen) atoms. The summed E-state index contributed by atoms with van der Waals surface area (Å²) in [5.41, 5.74) is 0. The molecule has 0 aliphatic heterocycles. The molecule has 7 heteroatoms. The zero-order chi connectivity index (χ0) is 29.0. The third-order valence-corrected chi connectivity index (χ3v) is 7.78. The van der Waals surface area contributed by atoms with E-state index in [1.54, 1.807) is 0 Å². The van der Waals surface area contributed by atoms with Gasteiger partial charge in [0.05, 0.1) is 45.4 Å².